The summed E-state index contributed by atoms with van der Waals surface area (Å²) in [6, 6.07) is 25.0. The number of nitrogens with two attached hydrogens (primary N) is 1. The van der Waals surface area contributed by atoms with E-state index in [1.807, 2.05) is 54.6 Å². The van der Waals surface area contributed by atoms with Gasteiger partial charge < -0.3 is 15.6 Å². The summed E-state index contributed by atoms with van der Waals surface area (Å²) in [6.45, 7) is 0.457. The van der Waals surface area contributed by atoms with Gasteiger partial charge in [0, 0.05) is 6.54 Å². The normalized spacial score (nSPS) is 10.6. The summed E-state index contributed by atoms with van der Waals surface area (Å²) >= 11 is 0. The van der Waals surface area contributed by atoms with Crippen molar-refractivity contribution >= 4 is 11.9 Å². The molecular weight excluding hydrogens is 411 g/mol. The van der Waals surface area contributed by atoms with Gasteiger partial charge in [-0.15, -0.1) is 0 Å². The number of carbonyl (C=O) groups excluding carboxylic acids is 1. The summed E-state index contributed by atoms with van der Waals surface area (Å²) < 4.78 is 37.1. The summed E-state index contributed by atoms with van der Waals surface area (Å²) in [4.78, 5) is 21.0. The van der Waals surface area contributed by atoms with E-state index in [0.29, 0.717) is 17.9 Å². The zero-order valence-corrected chi connectivity index (χ0v) is 16.3. The van der Waals surface area contributed by atoms with Crippen molar-refractivity contribution in [1.82, 2.24) is 0 Å². The molecule has 5 nitrogen and oxygen atoms in total. The van der Waals surface area contributed by atoms with Gasteiger partial charge in [0.15, 0.2) is 0 Å². The quantitative estimate of drug-likeness (QED) is 0.456. The standard InChI is InChI=1S/C21H19NO2.C2HF3O2/c22-15-18-6-10-19(11-7-18)21(23)24-20-12-8-17(9-13-20)14-16-4-2-1-3-5-16;3-2(4,5)1(6)7/h1-13H,14-15,22H2;(H,6,7). The molecule has 0 amide bonds. The molecule has 3 aromatic carbocycles. The molecule has 0 radical (unpaired) electrons. The lowest BCUT2D eigenvalue weighted by Crippen LogP contribution is -2.21. The zero-order chi connectivity index (χ0) is 22.9. The van der Waals surface area contributed by atoms with Crippen molar-refractivity contribution in [3.05, 3.63) is 101 Å². The van der Waals surface area contributed by atoms with Crippen molar-refractivity contribution in [2.75, 3.05) is 0 Å². The van der Waals surface area contributed by atoms with Gasteiger partial charge in [-0.2, -0.15) is 13.2 Å². The average Bonchev–Trinajstić information content (AvgIpc) is 2.75. The Labute approximate surface area is 176 Å². The van der Waals surface area contributed by atoms with E-state index in [1.54, 1.807) is 12.1 Å². The second-order valence-corrected chi connectivity index (χ2v) is 6.40. The SMILES string of the molecule is NCc1ccc(C(=O)Oc2ccc(Cc3ccccc3)cc2)cc1.O=C(O)C(F)(F)F. The van der Waals surface area contributed by atoms with E-state index in [4.69, 9.17) is 20.4 Å². The Balaban J connectivity index is 0.000000423. The maximum Gasteiger partial charge on any atom is 0.490 e. The highest BCUT2D eigenvalue weighted by Crippen LogP contribution is 2.17. The first-order valence-corrected chi connectivity index (χ1v) is 9.13. The van der Waals surface area contributed by atoms with Gasteiger partial charge >= 0.3 is 18.1 Å². The average molecular weight is 431 g/mol. The minimum Gasteiger partial charge on any atom is -0.475 e. The van der Waals surface area contributed by atoms with Crippen LogP contribution in [0.3, 0.4) is 0 Å². The zero-order valence-electron chi connectivity index (χ0n) is 16.3. The van der Waals surface area contributed by atoms with Crippen molar-refractivity contribution < 1.29 is 32.6 Å². The van der Waals surface area contributed by atoms with Crippen LogP contribution >= 0.6 is 0 Å². The fraction of sp³-hybridized carbons (Fsp3) is 0.130. The second-order valence-electron chi connectivity index (χ2n) is 6.40. The first-order chi connectivity index (χ1) is 14.7. The molecule has 0 aliphatic carbocycles. The molecule has 8 heteroatoms. The third-order valence-electron chi connectivity index (χ3n) is 4.05. The van der Waals surface area contributed by atoms with Gasteiger partial charge in [-0.25, -0.2) is 9.59 Å². The van der Waals surface area contributed by atoms with Gasteiger partial charge in [-0.1, -0.05) is 54.6 Å². The van der Waals surface area contributed by atoms with Crippen LogP contribution in [0.1, 0.15) is 27.0 Å². The van der Waals surface area contributed by atoms with Gasteiger partial charge in [0.25, 0.3) is 0 Å². The Kier molecular flexibility index (Phi) is 8.33. The monoisotopic (exact) mass is 431 g/mol. The van der Waals surface area contributed by atoms with Gasteiger partial charge in [0.2, 0.25) is 0 Å². The molecule has 3 N–H and O–H groups in total. The van der Waals surface area contributed by atoms with Crippen molar-refractivity contribution in [1.29, 1.82) is 0 Å². The van der Waals surface area contributed by atoms with Crippen LogP contribution < -0.4 is 10.5 Å². The lowest BCUT2D eigenvalue weighted by molar-refractivity contribution is -0.192. The number of aliphatic carboxylic acids is 1. The summed E-state index contributed by atoms with van der Waals surface area (Å²) in [6.07, 6.45) is -4.23. The second kappa shape index (κ2) is 10.9. The van der Waals surface area contributed by atoms with Crippen molar-refractivity contribution in [2.24, 2.45) is 5.73 Å². The van der Waals surface area contributed by atoms with Crippen LogP contribution in [0, 0.1) is 0 Å². The molecule has 0 bridgehead atoms. The van der Waals surface area contributed by atoms with E-state index < -0.39 is 12.1 Å². The number of ether oxygens (including phenoxy) is 1. The Morgan fingerprint density at radius 3 is 1.77 bits per heavy atom. The van der Waals surface area contributed by atoms with Crippen molar-refractivity contribution in [3.8, 4) is 5.75 Å². The smallest absolute Gasteiger partial charge is 0.475 e. The summed E-state index contributed by atoms with van der Waals surface area (Å²) in [5.74, 6) is -2.58. The van der Waals surface area contributed by atoms with Crippen molar-refractivity contribution in [3.63, 3.8) is 0 Å². The number of carbonyl (C=O) groups is 2. The van der Waals surface area contributed by atoms with E-state index in [1.165, 1.54) is 11.1 Å². The van der Waals surface area contributed by atoms with Gasteiger partial charge in [-0.05, 0) is 47.4 Å². The molecule has 31 heavy (non-hydrogen) atoms. The summed E-state index contributed by atoms with van der Waals surface area (Å²) in [5, 5.41) is 7.12. The lowest BCUT2D eigenvalue weighted by Gasteiger charge is -2.07. The Bertz CT molecular complexity index is 986. The molecule has 162 valence electrons. The fourth-order valence-electron chi connectivity index (χ4n) is 2.45. The lowest BCUT2D eigenvalue weighted by atomic mass is 10.1. The molecule has 3 rings (SSSR count). The minimum absolute atomic E-state index is 0.366. The third-order valence-corrected chi connectivity index (χ3v) is 4.05. The van der Waals surface area contributed by atoms with Crippen LogP contribution in [0.5, 0.6) is 5.75 Å². The fourth-order valence-corrected chi connectivity index (χ4v) is 2.45. The first kappa shape index (κ1) is 23.6. The molecule has 0 aliphatic rings. The number of hydrogen-bond acceptors (Lipinski definition) is 4. The largest absolute Gasteiger partial charge is 0.490 e. The minimum atomic E-state index is -5.08. The number of halogens is 3. The third kappa shape index (κ3) is 7.94. The van der Waals surface area contributed by atoms with Crippen LogP contribution in [0.4, 0.5) is 13.2 Å². The van der Waals surface area contributed by atoms with Crippen LogP contribution in [-0.2, 0) is 17.8 Å². The van der Waals surface area contributed by atoms with E-state index in [-0.39, 0.29) is 5.97 Å². The predicted molar refractivity (Wildman–Crippen MR) is 109 cm³/mol. The maximum absolute atomic E-state index is 12.1. The molecule has 0 heterocycles. The molecule has 0 fully saturated rings. The van der Waals surface area contributed by atoms with Crippen LogP contribution in [0.15, 0.2) is 78.9 Å². The van der Waals surface area contributed by atoms with E-state index in [9.17, 15) is 18.0 Å². The first-order valence-electron chi connectivity index (χ1n) is 9.13. The van der Waals surface area contributed by atoms with E-state index >= 15 is 0 Å². The summed E-state index contributed by atoms with van der Waals surface area (Å²) in [7, 11) is 0. The number of alkyl halides is 3. The topological polar surface area (TPSA) is 89.6 Å². The predicted octanol–water partition coefficient (Wildman–Crippen LogP) is 4.59. The van der Waals surface area contributed by atoms with Crippen LogP contribution in [-0.4, -0.2) is 23.2 Å². The molecule has 0 aromatic heterocycles. The molecule has 0 atom stereocenters. The molecule has 0 spiro atoms. The van der Waals surface area contributed by atoms with Gasteiger partial charge in [0.05, 0.1) is 5.56 Å². The highest BCUT2D eigenvalue weighted by Gasteiger charge is 2.38. The van der Waals surface area contributed by atoms with Gasteiger partial charge in [-0.3, -0.25) is 0 Å². The number of benzene rings is 3. The number of carboxylic acid groups (broad SMARTS) is 1. The number of carboxylic acids is 1. The molecule has 0 saturated carbocycles. The van der Waals surface area contributed by atoms with Crippen LogP contribution in [0.2, 0.25) is 0 Å². The molecule has 0 aliphatic heterocycles. The molecule has 0 unspecified atom stereocenters. The van der Waals surface area contributed by atoms with E-state index in [2.05, 4.69) is 12.1 Å². The summed E-state index contributed by atoms with van der Waals surface area (Å²) in [5.41, 5.74) is 9.48. The number of hydrogen-bond donors (Lipinski definition) is 2. The number of esters is 1. The highest BCUT2D eigenvalue weighted by molar-refractivity contribution is 5.91. The van der Waals surface area contributed by atoms with Crippen LogP contribution in [0.25, 0.3) is 0 Å². The molecule has 0 saturated heterocycles. The maximum atomic E-state index is 12.1. The molecule has 3 aromatic rings. The highest BCUT2D eigenvalue weighted by atomic mass is 19.4. The Morgan fingerprint density at radius 1 is 0.806 bits per heavy atom. The van der Waals surface area contributed by atoms with Crippen molar-refractivity contribution in [2.45, 2.75) is 19.1 Å². The number of rotatable bonds is 5. The van der Waals surface area contributed by atoms with E-state index in [0.717, 1.165) is 12.0 Å². The Hall–Kier alpha value is -3.65. The van der Waals surface area contributed by atoms with Gasteiger partial charge in [0.1, 0.15) is 5.75 Å². The molecular formula is C23H20F3NO4. The Morgan fingerprint density at radius 2 is 1.29 bits per heavy atom.